The summed E-state index contributed by atoms with van der Waals surface area (Å²) in [6.07, 6.45) is 1.90. The quantitative estimate of drug-likeness (QED) is 0.842. The summed E-state index contributed by atoms with van der Waals surface area (Å²) in [5.74, 6) is -0.269. The Morgan fingerprint density at radius 1 is 1.09 bits per heavy atom. The molecule has 1 N–H and O–H groups in total. The Balaban J connectivity index is 2.29. The number of benzene rings is 2. The molecule has 0 aromatic heterocycles. The van der Waals surface area contributed by atoms with E-state index < -0.39 is 10.0 Å². The van der Waals surface area contributed by atoms with Gasteiger partial charge in [0.05, 0.1) is 10.5 Å². The van der Waals surface area contributed by atoms with Crippen LogP contribution < -0.4 is 5.32 Å². The van der Waals surface area contributed by atoms with Gasteiger partial charge in [0, 0.05) is 24.7 Å². The normalized spacial score (nSPS) is 11.5. The number of amides is 1. The Labute approximate surface area is 140 Å². The minimum Gasteiger partial charge on any atom is -0.322 e. The lowest BCUT2D eigenvalue weighted by atomic mass is 10.2. The summed E-state index contributed by atoms with van der Waals surface area (Å²) < 4.78 is 25.4. The summed E-state index contributed by atoms with van der Waals surface area (Å²) in [7, 11) is -0.600. The molecule has 5 nitrogen and oxygen atoms in total. The molecule has 0 aliphatic rings. The van der Waals surface area contributed by atoms with Crippen molar-refractivity contribution in [2.24, 2.45) is 0 Å². The van der Waals surface area contributed by atoms with Crippen molar-refractivity contribution in [1.29, 1.82) is 0 Å². The van der Waals surface area contributed by atoms with Crippen LogP contribution in [-0.2, 0) is 10.0 Å². The fraction of sp³-hybridized carbons (Fsp3) is 0.188. The van der Waals surface area contributed by atoms with Crippen LogP contribution in [0.3, 0.4) is 0 Å². The largest absolute Gasteiger partial charge is 0.322 e. The molecule has 2 rings (SSSR count). The summed E-state index contributed by atoms with van der Waals surface area (Å²) in [5, 5.41) is 2.75. The summed E-state index contributed by atoms with van der Waals surface area (Å²) in [5.41, 5.74) is 0.995. The Kier molecular flexibility index (Phi) is 5.46. The first kappa shape index (κ1) is 17.5. The third-order valence-corrected chi connectivity index (χ3v) is 5.83. The molecule has 23 heavy (non-hydrogen) atoms. The molecule has 0 fully saturated rings. The first-order chi connectivity index (χ1) is 10.9. The number of rotatable bonds is 5. The maximum Gasteiger partial charge on any atom is 0.256 e. The van der Waals surface area contributed by atoms with E-state index in [0.29, 0.717) is 11.3 Å². The molecule has 122 valence electrons. The molecule has 0 saturated heterocycles. The fourth-order valence-electron chi connectivity index (χ4n) is 1.98. The van der Waals surface area contributed by atoms with Gasteiger partial charge in [-0.3, -0.25) is 4.79 Å². The molecule has 0 aliphatic carbocycles. The van der Waals surface area contributed by atoms with Crippen molar-refractivity contribution in [1.82, 2.24) is 4.31 Å². The lowest BCUT2D eigenvalue weighted by Crippen LogP contribution is -2.22. The number of hydrogen-bond acceptors (Lipinski definition) is 4. The van der Waals surface area contributed by atoms with E-state index in [2.05, 4.69) is 5.32 Å². The highest BCUT2D eigenvalue weighted by Crippen LogP contribution is 2.22. The average molecular weight is 350 g/mol. The van der Waals surface area contributed by atoms with Gasteiger partial charge in [-0.25, -0.2) is 12.7 Å². The number of sulfonamides is 1. The summed E-state index contributed by atoms with van der Waals surface area (Å²) in [6.45, 7) is 0. The Morgan fingerprint density at radius 3 is 2.43 bits per heavy atom. The van der Waals surface area contributed by atoms with E-state index in [1.807, 2.05) is 18.4 Å². The van der Waals surface area contributed by atoms with E-state index in [1.165, 1.54) is 38.0 Å². The van der Waals surface area contributed by atoms with E-state index in [-0.39, 0.29) is 10.8 Å². The Morgan fingerprint density at radius 2 is 1.78 bits per heavy atom. The van der Waals surface area contributed by atoms with Gasteiger partial charge in [0.15, 0.2) is 0 Å². The van der Waals surface area contributed by atoms with Crippen molar-refractivity contribution in [3.8, 4) is 0 Å². The van der Waals surface area contributed by atoms with Crippen molar-refractivity contribution in [2.75, 3.05) is 25.7 Å². The predicted molar refractivity (Wildman–Crippen MR) is 93.5 cm³/mol. The molecular formula is C16H18N2O3S2. The first-order valence-electron chi connectivity index (χ1n) is 6.83. The second kappa shape index (κ2) is 7.16. The molecule has 0 radical (unpaired) electrons. The zero-order valence-corrected chi connectivity index (χ0v) is 14.7. The van der Waals surface area contributed by atoms with Crippen molar-refractivity contribution in [3.63, 3.8) is 0 Å². The summed E-state index contributed by atoms with van der Waals surface area (Å²) in [4.78, 5) is 13.4. The predicted octanol–water partition coefficient (Wildman–Crippen LogP) is 2.91. The monoisotopic (exact) mass is 350 g/mol. The van der Waals surface area contributed by atoms with E-state index in [0.717, 1.165) is 9.20 Å². The molecule has 0 saturated carbocycles. The Bertz CT molecular complexity index is 818. The third-order valence-electron chi connectivity index (χ3n) is 3.22. The smallest absolute Gasteiger partial charge is 0.256 e. The zero-order valence-electron chi connectivity index (χ0n) is 13.1. The van der Waals surface area contributed by atoms with Crippen LogP contribution in [0.5, 0.6) is 0 Å². The number of thioether (sulfide) groups is 1. The topological polar surface area (TPSA) is 66.5 Å². The number of carbonyl (C=O) groups excluding carboxylic acids is 1. The molecule has 0 atom stereocenters. The molecule has 0 aliphatic heterocycles. The number of carbonyl (C=O) groups is 1. The van der Waals surface area contributed by atoms with Crippen LogP contribution >= 0.6 is 11.8 Å². The highest BCUT2D eigenvalue weighted by atomic mass is 32.2. The minimum absolute atomic E-state index is 0.137. The van der Waals surface area contributed by atoms with Crippen LogP contribution in [0.1, 0.15) is 10.4 Å². The number of hydrogen-bond donors (Lipinski definition) is 1. The van der Waals surface area contributed by atoms with Gasteiger partial charge in [-0.2, -0.15) is 0 Å². The highest BCUT2D eigenvalue weighted by molar-refractivity contribution is 7.98. The molecule has 7 heteroatoms. The van der Waals surface area contributed by atoms with Crippen LogP contribution in [0.2, 0.25) is 0 Å². The maximum atomic E-state index is 12.4. The van der Waals surface area contributed by atoms with Gasteiger partial charge in [0.2, 0.25) is 10.0 Å². The maximum absolute atomic E-state index is 12.4. The number of nitrogens with zero attached hydrogens (tertiary/aromatic N) is 1. The van der Waals surface area contributed by atoms with Crippen LogP contribution in [0.15, 0.2) is 58.3 Å². The van der Waals surface area contributed by atoms with Crippen molar-refractivity contribution >= 4 is 33.4 Å². The zero-order chi connectivity index (χ0) is 17.0. The first-order valence-corrected chi connectivity index (χ1v) is 9.49. The second-order valence-corrected chi connectivity index (χ2v) is 7.97. The minimum atomic E-state index is -3.53. The van der Waals surface area contributed by atoms with Crippen LogP contribution in [0.25, 0.3) is 0 Å². The van der Waals surface area contributed by atoms with E-state index in [1.54, 1.807) is 24.3 Å². The van der Waals surface area contributed by atoms with E-state index in [4.69, 9.17) is 0 Å². The Hall–Kier alpha value is -1.83. The third kappa shape index (κ3) is 3.93. The van der Waals surface area contributed by atoms with E-state index in [9.17, 15) is 13.2 Å². The van der Waals surface area contributed by atoms with Crippen LogP contribution in [0, 0.1) is 0 Å². The highest BCUT2D eigenvalue weighted by Gasteiger charge is 2.18. The second-order valence-electron chi connectivity index (χ2n) is 4.97. The van der Waals surface area contributed by atoms with Gasteiger partial charge in [-0.15, -0.1) is 11.8 Å². The SMILES string of the molecule is CSc1ccccc1C(=O)Nc1cccc(S(=O)(=O)N(C)C)c1. The van der Waals surface area contributed by atoms with Gasteiger partial charge in [0.1, 0.15) is 0 Å². The van der Waals surface area contributed by atoms with Crippen LogP contribution in [-0.4, -0.2) is 39.0 Å². The van der Waals surface area contributed by atoms with Crippen LogP contribution in [0.4, 0.5) is 5.69 Å². The van der Waals surface area contributed by atoms with Gasteiger partial charge in [-0.1, -0.05) is 18.2 Å². The van der Waals surface area contributed by atoms with Crippen molar-refractivity contribution in [2.45, 2.75) is 9.79 Å². The lowest BCUT2D eigenvalue weighted by Gasteiger charge is -2.13. The molecule has 0 heterocycles. The van der Waals surface area contributed by atoms with Crippen molar-refractivity contribution < 1.29 is 13.2 Å². The summed E-state index contributed by atoms with van der Waals surface area (Å²) >= 11 is 1.48. The molecule has 1 amide bonds. The van der Waals surface area contributed by atoms with Gasteiger partial charge in [-0.05, 0) is 36.6 Å². The number of anilines is 1. The molecular weight excluding hydrogens is 332 g/mol. The van der Waals surface area contributed by atoms with Gasteiger partial charge >= 0.3 is 0 Å². The van der Waals surface area contributed by atoms with Gasteiger partial charge in [0.25, 0.3) is 5.91 Å². The molecule has 0 spiro atoms. The van der Waals surface area contributed by atoms with E-state index >= 15 is 0 Å². The lowest BCUT2D eigenvalue weighted by molar-refractivity contribution is 0.102. The van der Waals surface area contributed by atoms with Gasteiger partial charge < -0.3 is 5.32 Å². The molecule has 0 bridgehead atoms. The summed E-state index contributed by atoms with van der Waals surface area (Å²) in [6, 6.07) is 13.5. The molecule has 0 unspecified atom stereocenters. The molecule has 2 aromatic rings. The fourth-order valence-corrected chi connectivity index (χ4v) is 3.52. The van der Waals surface area contributed by atoms with Crippen molar-refractivity contribution in [3.05, 3.63) is 54.1 Å². The molecule has 2 aromatic carbocycles. The number of nitrogens with one attached hydrogen (secondary N) is 1. The average Bonchev–Trinajstić information content (AvgIpc) is 2.54. The standard InChI is InChI=1S/C16H18N2O3S2/c1-18(2)23(20,21)13-8-6-7-12(11-13)17-16(19)14-9-4-5-10-15(14)22-3/h4-11H,1-3H3,(H,17,19).